The number of esters is 1. The summed E-state index contributed by atoms with van der Waals surface area (Å²) in [5.41, 5.74) is 3.00. The van der Waals surface area contributed by atoms with Crippen LogP contribution in [0.5, 0.6) is 11.5 Å². The summed E-state index contributed by atoms with van der Waals surface area (Å²) >= 11 is 1.12. The lowest BCUT2D eigenvalue weighted by atomic mass is 9.76. The SMILES string of the molecule is COc1ccc([C@@H]2C(C#N)=C(SCC(=O)OCc3ccccc3)N=C(C)C2C(=O)Nc2ccccc2)cc1OC. The summed E-state index contributed by atoms with van der Waals surface area (Å²) in [6, 6.07) is 26.1. The van der Waals surface area contributed by atoms with E-state index in [9.17, 15) is 14.9 Å². The van der Waals surface area contributed by atoms with Crippen molar-refractivity contribution in [1.29, 1.82) is 5.26 Å². The van der Waals surface area contributed by atoms with Crippen LogP contribution >= 0.6 is 11.8 Å². The normalized spacial score (nSPS) is 16.4. The highest BCUT2D eigenvalue weighted by Gasteiger charge is 2.40. The molecule has 204 valence electrons. The van der Waals surface area contributed by atoms with Gasteiger partial charge in [-0.3, -0.25) is 9.59 Å². The first-order chi connectivity index (χ1) is 19.4. The molecule has 0 radical (unpaired) electrons. The van der Waals surface area contributed by atoms with Crippen LogP contribution in [0.1, 0.15) is 24.0 Å². The first kappa shape index (κ1) is 28.5. The van der Waals surface area contributed by atoms with E-state index >= 15 is 0 Å². The molecule has 1 aliphatic heterocycles. The van der Waals surface area contributed by atoms with Crippen molar-refractivity contribution >= 4 is 35.0 Å². The number of ether oxygens (including phenoxy) is 3. The number of aliphatic imine (C=N–C) groups is 1. The van der Waals surface area contributed by atoms with Gasteiger partial charge in [0, 0.05) is 17.3 Å². The van der Waals surface area contributed by atoms with Gasteiger partial charge in [0.25, 0.3) is 0 Å². The van der Waals surface area contributed by atoms with Crippen LogP contribution in [0.15, 0.2) is 94.5 Å². The minimum Gasteiger partial charge on any atom is -0.493 e. The summed E-state index contributed by atoms with van der Waals surface area (Å²) in [5, 5.41) is 13.6. The Bertz CT molecular complexity index is 1470. The summed E-state index contributed by atoms with van der Waals surface area (Å²) in [5.74, 6) is -1.22. The number of benzene rings is 3. The van der Waals surface area contributed by atoms with Crippen molar-refractivity contribution in [3.05, 3.63) is 101 Å². The fraction of sp³-hybridized carbons (Fsp3) is 0.226. The molecule has 4 rings (SSSR count). The molecule has 0 bridgehead atoms. The number of hydrogen-bond acceptors (Lipinski definition) is 8. The molecule has 1 unspecified atom stereocenters. The lowest BCUT2D eigenvalue weighted by molar-refractivity contribution is -0.141. The molecule has 0 saturated heterocycles. The van der Waals surface area contributed by atoms with Crippen molar-refractivity contribution in [2.24, 2.45) is 10.9 Å². The highest BCUT2D eigenvalue weighted by atomic mass is 32.2. The number of carbonyl (C=O) groups is 2. The van der Waals surface area contributed by atoms with Crippen molar-refractivity contribution < 1.29 is 23.8 Å². The fourth-order valence-electron chi connectivity index (χ4n) is 4.45. The summed E-state index contributed by atoms with van der Waals surface area (Å²) < 4.78 is 16.3. The number of para-hydroxylation sites is 1. The van der Waals surface area contributed by atoms with Crippen molar-refractivity contribution in [1.82, 2.24) is 0 Å². The Kier molecular flexibility index (Phi) is 9.60. The first-order valence-corrected chi connectivity index (χ1v) is 13.5. The molecule has 1 aliphatic rings. The van der Waals surface area contributed by atoms with Crippen molar-refractivity contribution in [2.75, 3.05) is 25.3 Å². The van der Waals surface area contributed by atoms with Crippen LogP contribution in [0.25, 0.3) is 0 Å². The van der Waals surface area contributed by atoms with E-state index in [-0.39, 0.29) is 23.8 Å². The number of thioether (sulfide) groups is 1. The minimum absolute atomic E-state index is 0.0380. The van der Waals surface area contributed by atoms with E-state index in [4.69, 9.17) is 14.2 Å². The zero-order valence-corrected chi connectivity index (χ0v) is 23.2. The monoisotopic (exact) mass is 555 g/mol. The van der Waals surface area contributed by atoms with Crippen LogP contribution < -0.4 is 14.8 Å². The number of anilines is 1. The minimum atomic E-state index is -0.776. The van der Waals surface area contributed by atoms with Crippen LogP contribution in [0.2, 0.25) is 0 Å². The van der Waals surface area contributed by atoms with Crippen molar-refractivity contribution in [2.45, 2.75) is 19.4 Å². The summed E-state index contributed by atoms with van der Waals surface area (Å²) in [6.07, 6.45) is 0. The molecular weight excluding hydrogens is 526 g/mol. The molecule has 0 fully saturated rings. The zero-order valence-electron chi connectivity index (χ0n) is 22.4. The molecule has 8 nitrogen and oxygen atoms in total. The van der Waals surface area contributed by atoms with E-state index in [1.54, 1.807) is 37.3 Å². The topological polar surface area (TPSA) is 110 Å². The predicted octanol–water partition coefficient (Wildman–Crippen LogP) is 5.73. The highest BCUT2D eigenvalue weighted by molar-refractivity contribution is 8.03. The summed E-state index contributed by atoms with van der Waals surface area (Å²) in [7, 11) is 3.06. The molecule has 3 aromatic rings. The molecule has 1 amide bonds. The Morgan fingerprint density at radius 3 is 2.30 bits per heavy atom. The molecular formula is C31H29N3O5S. The van der Waals surface area contributed by atoms with Crippen LogP contribution in [-0.2, 0) is 20.9 Å². The molecule has 2 atom stereocenters. The van der Waals surface area contributed by atoms with Gasteiger partial charge in [-0.2, -0.15) is 5.26 Å². The molecule has 0 spiro atoms. The van der Waals surface area contributed by atoms with Crippen molar-refractivity contribution in [3.8, 4) is 17.6 Å². The number of amides is 1. The van der Waals surface area contributed by atoms with E-state index in [0.717, 1.165) is 17.3 Å². The van der Waals surface area contributed by atoms with E-state index in [2.05, 4.69) is 16.4 Å². The fourth-order valence-corrected chi connectivity index (χ4v) is 5.33. The predicted molar refractivity (Wildman–Crippen MR) is 155 cm³/mol. The second-order valence-electron chi connectivity index (χ2n) is 8.94. The first-order valence-electron chi connectivity index (χ1n) is 12.5. The maximum Gasteiger partial charge on any atom is 0.316 e. The average Bonchev–Trinajstić information content (AvgIpc) is 2.99. The molecule has 3 aromatic carbocycles. The molecule has 1 heterocycles. The number of nitriles is 1. The third-order valence-electron chi connectivity index (χ3n) is 6.38. The standard InChI is InChI=1S/C31H29N3O5S/c1-20-28(30(36)34-23-12-8-5-9-13-23)29(22-14-15-25(37-2)26(16-22)38-3)24(17-32)31(33-20)40-19-27(35)39-18-21-10-6-4-7-11-21/h4-16,28-29H,18-19H2,1-3H3,(H,34,36)/t28?,29-/m1/s1. The molecule has 0 saturated carbocycles. The van der Waals surface area contributed by atoms with Gasteiger partial charge in [-0.15, -0.1) is 0 Å². The number of nitrogens with zero attached hydrogens (tertiary/aromatic N) is 2. The molecule has 9 heteroatoms. The van der Waals surface area contributed by atoms with Crippen LogP contribution in [0.3, 0.4) is 0 Å². The average molecular weight is 556 g/mol. The maximum absolute atomic E-state index is 13.6. The van der Waals surface area contributed by atoms with E-state index in [1.165, 1.54) is 14.2 Å². The molecule has 40 heavy (non-hydrogen) atoms. The van der Waals surface area contributed by atoms with Gasteiger partial charge in [-0.05, 0) is 42.3 Å². The van der Waals surface area contributed by atoms with Gasteiger partial charge in [0.2, 0.25) is 5.91 Å². The number of hydrogen-bond donors (Lipinski definition) is 1. The number of allylic oxidation sites excluding steroid dienone is 1. The molecule has 0 aliphatic carbocycles. The lowest BCUT2D eigenvalue weighted by Crippen LogP contribution is -2.36. The van der Waals surface area contributed by atoms with Gasteiger partial charge in [0.1, 0.15) is 11.6 Å². The highest BCUT2D eigenvalue weighted by Crippen LogP contribution is 2.44. The Labute approximate surface area is 237 Å². The third-order valence-corrected chi connectivity index (χ3v) is 7.35. The summed E-state index contributed by atoms with van der Waals surface area (Å²) in [6.45, 7) is 1.91. The quantitative estimate of drug-likeness (QED) is 0.318. The number of methoxy groups -OCH3 is 2. The smallest absolute Gasteiger partial charge is 0.316 e. The van der Waals surface area contributed by atoms with E-state index in [1.807, 2.05) is 48.5 Å². The Morgan fingerprint density at radius 1 is 0.975 bits per heavy atom. The van der Waals surface area contributed by atoms with Crippen LogP contribution in [0, 0.1) is 17.2 Å². The Morgan fingerprint density at radius 2 is 1.65 bits per heavy atom. The zero-order chi connectivity index (χ0) is 28.5. The number of nitrogens with one attached hydrogen (secondary N) is 1. The van der Waals surface area contributed by atoms with Crippen LogP contribution in [0.4, 0.5) is 5.69 Å². The number of carbonyl (C=O) groups excluding carboxylic acids is 2. The largest absolute Gasteiger partial charge is 0.493 e. The lowest BCUT2D eigenvalue weighted by Gasteiger charge is -2.31. The molecule has 1 N–H and O–H groups in total. The van der Waals surface area contributed by atoms with Gasteiger partial charge in [-0.25, -0.2) is 4.99 Å². The maximum atomic E-state index is 13.6. The molecule has 0 aromatic heterocycles. The Balaban J connectivity index is 1.64. The van der Waals surface area contributed by atoms with E-state index in [0.29, 0.717) is 33.5 Å². The number of rotatable bonds is 10. The Hall–Kier alpha value is -4.55. The van der Waals surface area contributed by atoms with Gasteiger partial charge >= 0.3 is 5.97 Å². The second-order valence-corrected chi connectivity index (χ2v) is 9.91. The van der Waals surface area contributed by atoms with Crippen LogP contribution in [-0.4, -0.2) is 37.6 Å². The van der Waals surface area contributed by atoms with Gasteiger partial charge in [-0.1, -0.05) is 66.4 Å². The van der Waals surface area contributed by atoms with Gasteiger partial charge in [0.05, 0.1) is 37.5 Å². The second kappa shape index (κ2) is 13.5. The van der Waals surface area contributed by atoms with Crippen molar-refractivity contribution in [3.63, 3.8) is 0 Å². The summed E-state index contributed by atoms with van der Waals surface area (Å²) in [4.78, 5) is 30.8. The van der Waals surface area contributed by atoms with E-state index < -0.39 is 17.8 Å². The van der Waals surface area contributed by atoms with Gasteiger partial charge in [0.15, 0.2) is 11.5 Å². The van der Waals surface area contributed by atoms with Gasteiger partial charge < -0.3 is 19.5 Å². The third kappa shape index (κ3) is 6.71.